The molecule has 0 aliphatic heterocycles. The Morgan fingerprint density at radius 1 is 1.38 bits per heavy atom. The summed E-state index contributed by atoms with van der Waals surface area (Å²) < 4.78 is 26.7. The Balaban J connectivity index is 3.30. The van der Waals surface area contributed by atoms with Crippen molar-refractivity contribution < 1.29 is 13.5 Å². The summed E-state index contributed by atoms with van der Waals surface area (Å²) in [7, 11) is 0. The van der Waals surface area contributed by atoms with Crippen LogP contribution in [0.2, 0.25) is 0 Å². The Kier molecular flexibility index (Phi) is 11.5. The van der Waals surface area contributed by atoms with Crippen LogP contribution in [0, 0.1) is 5.92 Å². The topological polar surface area (TPSA) is 58.6 Å². The molecule has 2 N–H and O–H groups in total. The number of hydrogen-bond acceptors (Lipinski definition) is 2. The summed E-state index contributed by atoms with van der Waals surface area (Å²) in [5.41, 5.74) is 0. The SMILES string of the molecule is CCCCC(CC)COCCCNS(=O)O. The average Bonchev–Trinajstić information content (AvgIpc) is 2.26. The monoisotopic (exact) mass is 251 g/mol. The van der Waals surface area contributed by atoms with Crippen LogP contribution < -0.4 is 4.72 Å². The normalized spacial score (nSPS) is 14.9. The molecule has 0 bridgehead atoms. The Morgan fingerprint density at radius 3 is 2.69 bits per heavy atom. The number of nitrogens with one attached hydrogen (secondary N) is 1. The molecule has 5 heteroatoms. The van der Waals surface area contributed by atoms with Gasteiger partial charge in [0.1, 0.15) is 0 Å². The van der Waals surface area contributed by atoms with E-state index in [0.29, 0.717) is 19.1 Å². The Bertz CT molecular complexity index is 179. The van der Waals surface area contributed by atoms with Crippen LogP contribution in [0.15, 0.2) is 0 Å². The summed E-state index contributed by atoms with van der Waals surface area (Å²) in [5, 5.41) is 0. The highest BCUT2D eigenvalue weighted by atomic mass is 32.2. The minimum atomic E-state index is -1.89. The van der Waals surface area contributed by atoms with E-state index in [-0.39, 0.29) is 0 Å². The molecule has 0 saturated heterocycles. The van der Waals surface area contributed by atoms with E-state index in [1.54, 1.807) is 0 Å². The maximum absolute atomic E-state index is 10.3. The van der Waals surface area contributed by atoms with Gasteiger partial charge in [-0.25, -0.2) is 8.93 Å². The van der Waals surface area contributed by atoms with E-state index in [1.165, 1.54) is 25.7 Å². The first-order chi connectivity index (χ1) is 7.70. The standard InChI is InChI=1S/C11H25NO3S/c1-3-5-7-11(4-2)10-15-9-6-8-12-16(13)14/h11-12H,3-10H2,1-2H3,(H,13,14). The van der Waals surface area contributed by atoms with Crippen LogP contribution in [0.25, 0.3) is 0 Å². The molecule has 98 valence electrons. The molecule has 16 heavy (non-hydrogen) atoms. The fourth-order valence-corrected chi connectivity index (χ4v) is 1.80. The van der Waals surface area contributed by atoms with Crippen molar-refractivity contribution >= 4 is 11.3 Å². The Hall–Kier alpha value is 0.0300. The molecule has 0 aromatic heterocycles. The lowest BCUT2D eigenvalue weighted by Crippen LogP contribution is -2.19. The van der Waals surface area contributed by atoms with Gasteiger partial charge in [-0.05, 0) is 18.8 Å². The van der Waals surface area contributed by atoms with Gasteiger partial charge in [0.2, 0.25) is 11.3 Å². The first-order valence-corrected chi connectivity index (χ1v) is 7.23. The lowest BCUT2D eigenvalue weighted by Gasteiger charge is -2.14. The number of rotatable bonds is 11. The summed E-state index contributed by atoms with van der Waals surface area (Å²) in [6, 6.07) is 0. The number of unbranched alkanes of at least 4 members (excludes halogenated alkanes) is 1. The lowest BCUT2D eigenvalue weighted by atomic mass is 10.0. The van der Waals surface area contributed by atoms with Gasteiger partial charge in [-0.15, -0.1) is 0 Å². The van der Waals surface area contributed by atoms with Gasteiger partial charge in [-0.3, -0.25) is 4.55 Å². The zero-order valence-electron chi connectivity index (χ0n) is 10.4. The van der Waals surface area contributed by atoms with E-state index in [1.807, 2.05) is 0 Å². The molecule has 0 rings (SSSR count). The molecular formula is C11H25NO3S. The smallest absolute Gasteiger partial charge is 0.231 e. The third-order valence-electron chi connectivity index (χ3n) is 2.59. The summed E-state index contributed by atoms with van der Waals surface area (Å²) in [6.45, 7) is 6.40. The molecule has 0 aromatic rings. The molecule has 0 radical (unpaired) electrons. The molecule has 4 nitrogen and oxygen atoms in total. The van der Waals surface area contributed by atoms with Crippen molar-refractivity contribution in [3.05, 3.63) is 0 Å². The molecular weight excluding hydrogens is 226 g/mol. The van der Waals surface area contributed by atoms with Gasteiger partial charge in [0.05, 0.1) is 0 Å². The van der Waals surface area contributed by atoms with Crippen LogP contribution in [0.1, 0.15) is 46.0 Å². The third kappa shape index (κ3) is 10.5. The Morgan fingerprint density at radius 2 is 2.12 bits per heavy atom. The molecule has 0 aliphatic carbocycles. The molecule has 0 fully saturated rings. The molecule has 0 saturated carbocycles. The first kappa shape index (κ1) is 16.0. The lowest BCUT2D eigenvalue weighted by molar-refractivity contribution is 0.0928. The van der Waals surface area contributed by atoms with E-state index >= 15 is 0 Å². The zero-order valence-corrected chi connectivity index (χ0v) is 11.2. The van der Waals surface area contributed by atoms with Crippen LogP contribution in [0.3, 0.4) is 0 Å². The maximum Gasteiger partial charge on any atom is 0.231 e. The van der Waals surface area contributed by atoms with Gasteiger partial charge in [0, 0.05) is 19.8 Å². The average molecular weight is 251 g/mol. The van der Waals surface area contributed by atoms with E-state index in [9.17, 15) is 4.21 Å². The van der Waals surface area contributed by atoms with Crippen LogP contribution in [-0.2, 0) is 16.0 Å². The van der Waals surface area contributed by atoms with E-state index in [0.717, 1.165) is 13.0 Å². The van der Waals surface area contributed by atoms with Crippen molar-refractivity contribution in [3.63, 3.8) is 0 Å². The third-order valence-corrected chi connectivity index (χ3v) is 3.04. The summed E-state index contributed by atoms with van der Waals surface area (Å²) in [6.07, 6.45) is 5.69. The predicted octanol–water partition coefficient (Wildman–Crippen LogP) is 2.34. The molecule has 0 amide bonds. The molecule has 2 unspecified atom stereocenters. The van der Waals surface area contributed by atoms with Gasteiger partial charge in [-0.1, -0.05) is 33.1 Å². The van der Waals surface area contributed by atoms with Crippen molar-refractivity contribution in [2.45, 2.75) is 46.0 Å². The molecule has 0 aliphatic rings. The van der Waals surface area contributed by atoms with Crippen molar-refractivity contribution in [2.75, 3.05) is 19.8 Å². The van der Waals surface area contributed by atoms with Gasteiger partial charge < -0.3 is 4.74 Å². The van der Waals surface area contributed by atoms with Crippen LogP contribution >= 0.6 is 0 Å². The van der Waals surface area contributed by atoms with Gasteiger partial charge in [0.25, 0.3) is 0 Å². The Labute approximate surface area is 102 Å². The van der Waals surface area contributed by atoms with E-state index < -0.39 is 11.3 Å². The van der Waals surface area contributed by atoms with Crippen LogP contribution in [-0.4, -0.2) is 28.5 Å². The highest BCUT2D eigenvalue weighted by Gasteiger charge is 2.05. The van der Waals surface area contributed by atoms with Crippen molar-refractivity contribution in [1.82, 2.24) is 4.72 Å². The predicted molar refractivity (Wildman–Crippen MR) is 67.5 cm³/mol. The molecule has 0 heterocycles. The quantitative estimate of drug-likeness (QED) is 0.438. The fourth-order valence-electron chi connectivity index (χ4n) is 1.48. The van der Waals surface area contributed by atoms with Crippen LogP contribution in [0.4, 0.5) is 0 Å². The van der Waals surface area contributed by atoms with Gasteiger partial charge in [-0.2, -0.15) is 0 Å². The fraction of sp³-hybridized carbons (Fsp3) is 1.00. The second kappa shape index (κ2) is 11.5. The number of hydrogen-bond donors (Lipinski definition) is 2. The van der Waals surface area contributed by atoms with Gasteiger partial charge in [0.15, 0.2) is 0 Å². The maximum atomic E-state index is 10.3. The van der Waals surface area contributed by atoms with Crippen molar-refractivity contribution in [2.24, 2.45) is 5.92 Å². The van der Waals surface area contributed by atoms with Crippen molar-refractivity contribution in [3.8, 4) is 0 Å². The summed E-state index contributed by atoms with van der Waals surface area (Å²) in [4.78, 5) is 0. The zero-order chi connectivity index (χ0) is 12.2. The largest absolute Gasteiger partial charge is 0.381 e. The first-order valence-electron chi connectivity index (χ1n) is 6.12. The molecule has 0 spiro atoms. The van der Waals surface area contributed by atoms with E-state index in [4.69, 9.17) is 9.29 Å². The highest BCUT2D eigenvalue weighted by Crippen LogP contribution is 2.12. The minimum Gasteiger partial charge on any atom is -0.381 e. The number of ether oxygens (including phenoxy) is 1. The second-order valence-electron chi connectivity index (χ2n) is 3.99. The second-order valence-corrected chi connectivity index (χ2v) is 4.78. The summed E-state index contributed by atoms with van der Waals surface area (Å²) in [5.74, 6) is 0.667. The molecule has 2 atom stereocenters. The molecule has 0 aromatic carbocycles. The van der Waals surface area contributed by atoms with Crippen molar-refractivity contribution in [1.29, 1.82) is 0 Å². The van der Waals surface area contributed by atoms with Crippen LogP contribution in [0.5, 0.6) is 0 Å². The minimum absolute atomic E-state index is 0.523. The van der Waals surface area contributed by atoms with Gasteiger partial charge >= 0.3 is 0 Å². The summed E-state index contributed by atoms with van der Waals surface area (Å²) >= 11 is -1.89. The highest BCUT2D eigenvalue weighted by molar-refractivity contribution is 7.77. The van der Waals surface area contributed by atoms with E-state index in [2.05, 4.69) is 18.6 Å².